The summed E-state index contributed by atoms with van der Waals surface area (Å²) in [6.45, 7) is 1.73. The molecule has 0 aliphatic rings. The molecule has 0 bridgehead atoms. The molecule has 0 radical (unpaired) electrons. The number of hydrogen-bond donors (Lipinski definition) is 2. The normalized spacial score (nSPS) is 10.9. The smallest absolute Gasteiger partial charge is 0.372 e. The fourth-order valence-corrected chi connectivity index (χ4v) is 1.04. The lowest BCUT2D eigenvalue weighted by Gasteiger charge is -2.07. The Kier molecular flexibility index (Phi) is 3.66. The van der Waals surface area contributed by atoms with E-state index in [2.05, 4.69) is 0 Å². The maximum atomic E-state index is 10.7. The molecule has 16 heavy (non-hydrogen) atoms. The number of benzene rings is 1. The molecule has 0 saturated heterocycles. The second-order valence-electron chi connectivity index (χ2n) is 3.02. The van der Waals surface area contributed by atoms with E-state index in [1.54, 1.807) is 31.2 Å². The summed E-state index contributed by atoms with van der Waals surface area (Å²) in [5.41, 5.74) is 0.722. The van der Waals surface area contributed by atoms with Gasteiger partial charge in [0, 0.05) is 0 Å². The fraction of sp³-hybridized carbons (Fsp3) is 0.0909. The molecule has 0 aromatic heterocycles. The van der Waals surface area contributed by atoms with Gasteiger partial charge >= 0.3 is 11.9 Å². The largest absolute Gasteiger partial charge is 0.478 e. The zero-order valence-electron chi connectivity index (χ0n) is 8.51. The third-order valence-corrected chi connectivity index (χ3v) is 1.78. The van der Waals surface area contributed by atoms with Crippen LogP contribution in [-0.2, 0) is 9.59 Å². The van der Waals surface area contributed by atoms with Gasteiger partial charge in [-0.1, -0.05) is 18.2 Å². The second-order valence-corrected chi connectivity index (χ2v) is 3.02. The van der Waals surface area contributed by atoms with Crippen LogP contribution in [0.1, 0.15) is 5.56 Å². The summed E-state index contributed by atoms with van der Waals surface area (Å²) < 4.78 is 5.00. The van der Waals surface area contributed by atoms with Crippen molar-refractivity contribution in [1.29, 1.82) is 0 Å². The van der Waals surface area contributed by atoms with E-state index in [0.717, 1.165) is 5.56 Å². The van der Waals surface area contributed by atoms with Gasteiger partial charge in [-0.25, -0.2) is 9.59 Å². The molecule has 84 valence electrons. The summed E-state index contributed by atoms with van der Waals surface area (Å²) in [6, 6.07) is 6.73. The molecule has 0 heterocycles. The zero-order chi connectivity index (χ0) is 12.1. The minimum atomic E-state index is -1.43. The predicted molar refractivity (Wildman–Crippen MR) is 55.2 cm³/mol. The maximum Gasteiger partial charge on any atom is 0.372 e. The van der Waals surface area contributed by atoms with E-state index in [-0.39, 0.29) is 0 Å². The number of ether oxygens (including phenoxy) is 1. The quantitative estimate of drug-likeness (QED) is 0.594. The first-order valence-corrected chi connectivity index (χ1v) is 4.42. The average molecular weight is 222 g/mol. The molecule has 1 aromatic carbocycles. The first kappa shape index (κ1) is 11.8. The van der Waals surface area contributed by atoms with Crippen molar-refractivity contribution in [3.8, 4) is 5.75 Å². The van der Waals surface area contributed by atoms with Gasteiger partial charge in [0.05, 0.1) is 6.08 Å². The van der Waals surface area contributed by atoms with E-state index >= 15 is 0 Å². The molecule has 5 nitrogen and oxygen atoms in total. The summed E-state index contributed by atoms with van der Waals surface area (Å²) in [7, 11) is 0. The van der Waals surface area contributed by atoms with Crippen molar-refractivity contribution in [1.82, 2.24) is 0 Å². The van der Waals surface area contributed by atoms with E-state index < -0.39 is 17.7 Å². The number of carboxylic acid groups (broad SMARTS) is 2. The van der Waals surface area contributed by atoms with Crippen LogP contribution in [0.2, 0.25) is 0 Å². The lowest BCUT2D eigenvalue weighted by molar-refractivity contribution is -0.137. The van der Waals surface area contributed by atoms with Crippen molar-refractivity contribution in [3.63, 3.8) is 0 Å². The van der Waals surface area contributed by atoms with Crippen LogP contribution in [0.15, 0.2) is 36.1 Å². The lowest BCUT2D eigenvalue weighted by Crippen LogP contribution is -2.10. The van der Waals surface area contributed by atoms with Crippen molar-refractivity contribution < 1.29 is 24.5 Å². The van der Waals surface area contributed by atoms with Gasteiger partial charge in [-0.3, -0.25) is 0 Å². The monoisotopic (exact) mass is 222 g/mol. The van der Waals surface area contributed by atoms with Crippen LogP contribution in [0.5, 0.6) is 5.75 Å². The molecule has 5 heteroatoms. The second kappa shape index (κ2) is 4.97. The van der Waals surface area contributed by atoms with E-state index in [0.29, 0.717) is 11.8 Å². The zero-order valence-corrected chi connectivity index (χ0v) is 8.51. The van der Waals surface area contributed by atoms with E-state index in [1.165, 1.54) is 0 Å². The Hall–Kier alpha value is -2.30. The van der Waals surface area contributed by atoms with Gasteiger partial charge in [0.1, 0.15) is 5.75 Å². The minimum absolute atomic E-state index is 0.317. The van der Waals surface area contributed by atoms with Crippen LogP contribution in [0.25, 0.3) is 0 Å². The van der Waals surface area contributed by atoms with Gasteiger partial charge in [-0.2, -0.15) is 0 Å². The Morgan fingerprint density at radius 2 is 1.88 bits per heavy atom. The van der Waals surface area contributed by atoms with Gasteiger partial charge in [-0.05, 0) is 18.6 Å². The Balaban J connectivity index is 2.98. The number of hydrogen-bond acceptors (Lipinski definition) is 3. The average Bonchev–Trinajstić information content (AvgIpc) is 2.19. The van der Waals surface area contributed by atoms with E-state index in [4.69, 9.17) is 14.9 Å². The Labute approximate surface area is 91.6 Å². The maximum absolute atomic E-state index is 10.7. The Bertz CT molecular complexity index is 447. The first-order valence-electron chi connectivity index (χ1n) is 4.42. The van der Waals surface area contributed by atoms with Crippen LogP contribution in [0.3, 0.4) is 0 Å². The standard InChI is InChI=1S/C11H10O5/c1-7-4-2-3-5-8(7)16-9(11(14)15)6-10(12)13/h2-6H,1H3,(H,12,13)(H,14,15)/b9-6+. The molecular weight excluding hydrogens is 212 g/mol. The molecule has 0 fully saturated rings. The summed E-state index contributed by atoms with van der Waals surface area (Å²) >= 11 is 0. The SMILES string of the molecule is Cc1ccccc1O/C(=C/C(=O)O)C(=O)O. The van der Waals surface area contributed by atoms with Crippen molar-refractivity contribution in [2.75, 3.05) is 0 Å². The van der Waals surface area contributed by atoms with Crippen LogP contribution < -0.4 is 4.74 Å². The predicted octanol–water partition coefficient (Wildman–Crippen LogP) is 1.43. The summed E-state index contributed by atoms with van der Waals surface area (Å²) in [4.78, 5) is 21.1. The third kappa shape index (κ3) is 3.13. The summed E-state index contributed by atoms with van der Waals surface area (Å²) in [5, 5.41) is 17.2. The number of carbonyl (C=O) groups is 2. The summed E-state index contributed by atoms with van der Waals surface area (Å²) in [5.74, 6) is -3.10. The number of rotatable bonds is 4. The van der Waals surface area contributed by atoms with Crippen molar-refractivity contribution in [2.24, 2.45) is 0 Å². The van der Waals surface area contributed by atoms with Crippen molar-refractivity contribution >= 4 is 11.9 Å². The highest BCUT2D eigenvalue weighted by Crippen LogP contribution is 2.19. The topological polar surface area (TPSA) is 83.8 Å². The molecule has 0 spiro atoms. The Morgan fingerprint density at radius 3 is 2.38 bits per heavy atom. The highest BCUT2D eigenvalue weighted by molar-refractivity contribution is 5.93. The summed E-state index contributed by atoms with van der Waals surface area (Å²) in [6.07, 6.45) is 0.509. The van der Waals surface area contributed by atoms with Crippen LogP contribution in [0, 0.1) is 6.92 Å². The molecule has 0 amide bonds. The van der Waals surface area contributed by atoms with Crippen LogP contribution >= 0.6 is 0 Å². The van der Waals surface area contributed by atoms with Crippen LogP contribution in [-0.4, -0.2) is 22.2 Å². The minimum Gasteiger partial charge on any atom is -0.478 e. The van der Waals surface area contributed by atoms with Crippen molar-refractivity contribution in [3.05, 3.63) is 41.7 Å². The Morgan fingerprint density at radius 1 is 1.25 bits per heavy atom. The molecule has 0 aliphatic heterocycles. The van der Waals surface area contributed by atoms with E-state index in [1.807, 2.05) is 0 Å². The molecular formula is C11H10O5. The molecule has 0 saturated carbocycles. The highest BCUT2D eigenvalue weighted by Gasteiger charge is 2.13. The van der Waals surface area contributed by atoms with Crippen molar-refractivity contribution in [2.45, 2.75) is 6.92 Å². The molecule has 0 unspecified atom stereocenters. The first-order chi connectivity index (χ1) is 7.50. The van der Waals surface area contributed by atoms with Gasteiger partial charge in [0.2, 0.25) is 5.76 Å². The number of carboxylic acids is 2. The molecule has 2 N–H and O–H groups in total. The molecule has 0 atom stereocenters. The molecule has 1 rings (SSSR count). The van der Waals surface area contributed by atoms with E-state index in [9.17, 15) is 9.59 Å². The van der Waals surface area contributed by atoms with Gasteiger partial charge in [0.25, 0.3) is 0 Å². The van der Waals surface area contributed by atoms with Gasteiger partial charge < -0.3 is 14.9 Å². The number of aryl methyl sites for hydroxylation is 1. The van der Waals surface area contributed by atoms with Crippen LogP contribution in [0.4, 0.5) is 0 Å². The fourth-order valence-electron chi connectivity index (χ4n) is 1.04. The molecule has 0 aliphatic carbocycles. The van der Waals surface area contributed by atoms with Gasteiger partial charge in [-0.15, -0.1) is 0 Å². The van der Waals surface area contributed by atoms with Gasteiger partial charge in [0.15, 0.2) is 0 Å². The highest BCUT2D eigenvalue weighted by atomic mass is 16.5. The molecule has 1 aromatic rings. The number of aliphatic carboxylic acids is 2. The lowest BCUT2D eigenvalue weighted by atomic mass is 10.2. The third-order valence-electron chi connectivity index (χ3n) is 1.78. The number of para-hydroxylation sites is 1.